The molecule has 0 saturated carbocycles. The summed E-state index contributed by atoms with van der Waals surface area (Å²) >= 11 is 0. The molecule has 0 rings (SSSR count). The second-order valence-electron chi connectivity index (χ2n) is 6.43. The van der Waals surface area contributed by atoms with E-state index in [1.54, 1.807) is 41.5 Å². The first-order valence-electron chi connectivity index (χ1n) is 7.54. The van der Waals surface area contributed by atoms with Gasteiger partial charge in [-0.2, -0.15) is 0 Å². The van der Waals surface area contributed by atoms with E-state index in [-0.39, 0.29) is 12.8 Å². The van der Waals surface area contributed by atoms with E-state index in [4.69, 9.17) is 17.3 Å². The van der Waals surface area contributed by atoms with Crippen LogP contribution in [0, 0.1) is 0 Å². The lowest BCUT2D eigenvalue weighted by Crippen LogP contribution is -2.46. The zero-order valence-electron chi connectivity index (χ0n) is 15.1. The summed E-state index contributed by atoms with van der Waals surface area (Å²) in [6, 6.07) is -1.10. The molecule has 0 heterocycles. The van der Waals surface area contributed by atoms with Gasteiger partial charge in [-0.05, 0) is 54.4 Å². The molecule has 0 aliphatic rings. The molecule has 2 N–H and O–H groups in total. The minimum atomic E-state index is -2.43. The molecule has 0 fully saturated rings. The average Bonchev–Trinajstić information content (AvgIpc) is 2.17. The molecule has 0 saturated heterocycles. The lowest BCUT2D eigenvalue weighted by molar-refractivity contribution is -0.157. The quantitative estimate of drug-likeness (QED) is 0.460. The highest BCUT2D eigenvalue weighted by molar-refractivity contribution is 5.81. The van der Waals surface area contributed by atoms with Crippen LogP contribution < -0.4 is 5.32 Å². The summed E-state index contributed by atoms with van der Waals surface area (Å²) in [6.07, 6.45) is -1.24. The number of hydrogen-bond donors (Lipinski definition) is 2. The standard InChI is InChI=1S/C14H27NO5/c1-13(2,3)19-11(17)10(8-7-9-16)15-12(18)20-14(4,5)6/h10,16H,7-9H2,1-6H3,(H,15,18)/t10-/m1/s1/i8+1,9+1D2,15+1. The largest absolute Gasteiger partial charge is 0.458 e. The highest BCUT2D eigenvalue weighted by Gasteiger charge is 2.28. The molecule has 0 unspecified atom stereocenters. The van der Waals surface area contributed by atoms with Crippen LogP contribution in [0.15, 0.2) is 0 Å². The molecule has 1 atom stereocenters. The molecule has 6 heteroatoms. The van der Waals surface area contributed by atoms with Crippen molar-refractivity contribution in [2.45, 2.75) is 71.6 Å². The number of hydrogen-bond acceptors (Lipinski definition) is 5. The van der Waals surface area contributed by atoms with Crippen LogP contribution in [0.3, 0.4) is 0 Å². The van der Waals surface area contributed by atoms with E-state index in [1.807, 2.05) is 0 Å². The van der Waals surface area contributed by atoms with Gasteiger partial charge in [-0.15, -0.1) is 0 Å². The number of ether oxygens (including phenoxy) is 2. The Kier molecular flexibility index (Phi) is 5.64. The van der Waals surface area contributed by atoms with Crippen molar-refractivity contribution in [2.75, 3.05) is 6.56 Å². The van der Waals surface area contributed by atoms with E-state index in [1.165, 1.54) is 0 Å². The number of nitrogens with one attached hydrogen (secondary N) is 1. The predicted octanol–water partition coefficient (Wildman–Crippen LogP) is 1.99. The molecular formula is C14H27NO5. The fourth-order valence-corrected chi connectivity index (χ4v) is 1.28. The normalized spacial score (nSPS) is 15.8. The SMILES string of the molecule is [2H][13C]([2H])(O)C[13CH2][C@@H]([15NH]C(=O)OC(C)(C)C)C(=O)OC(C)(C)C. The van der Waals surface area contributed by atoms with Crippen molar-refractivity contribution in [1.82, 2.24) is 5.32 Å². The Morgan fingerprint density at radius 1 is 1.15 bits per heavy atom. The smallest absolute Gasteiger partial charge is 0.408 e. The van der Waals surface area contributed by atoms with Crippen LogP contribution in [-0.2, 0) is 14.3 Å². The molecule has 0 aliphatic carbocycles. The van der Waals surface area contributed by atoms with Gasteiger partial charge < -0.3 is 19.9 Å². The van der Waals surface area contributed by atoms with E-state index in [0.29, 0.717) is 0 Å². The molecule has 0 aromatic heterocycles. The molecular weight excluding hydrogens is 265 g/mol. The third kappa shape index (κ3) is 9.61. The highest BCUT2D eigenvalue weighted by atomic mass is 16.6. The van der Waals surface area contributed by atoms with Gasteiger partial charge in [-0.25, -0.2) is 9.59 Å². The van der Waals surface area contributed by atoms with Gasteiger partial charge in [0.2, 0.25) is 0 Å². The monoisotopic (exact) mass is 294 g/mol. The van der Waals surface area contributed by atoms with Gasteiger partial charge in [0, 0.05) is 6.56 Å². The van der Waals surface area contributed by atoms with Crippen molar-refractivity contribution in [3.8, 4) is 0 Å². The molecule has 1 amide bonds. The zero-order valence-corrected chi connectivity index (χ0v) is 13.1. The summed E-state index contributed by atoms with van der Waals surface area (Å²) in [5.41, 5.74) is -1.47. The molecule has 6 nitrogen and oxygen atoms in total. The van der Waals surface area contributed by atoms with Gasteiger partial charge in [0.25, 0.3) is 0 Å². The van der Waals surface area contributed by atoms with Crippen molar-refractivity contribution in [3.63, 3.8) is 0 Å². The van der Waals surface area contributed by atoms with Gasteiger partial charge in [0.1, 0.15) is 17.2 Å². The maximum atomic E-state index is 12.1. The maximum Gasteiger partial charge on any atom is 0.408 e. The van der Waals surface area contributed by atoms with Crippen LogP contribution >= 0.6 is 0 Å². The fourth-order valence-electron chi connectivity index (χ4n) is 1.28. The van der Waals surface area contributed by atoms with Crippen LogP contribution in [0.25, 0.3) is 0 Å². The van der Waals surface area contributed by atoms with Gasteiger partial charge in [0.05, 0.1) is 2.74 Å². The number of rotatable bonds is 5. The number of amides is 1. The van der Waals surface area contributed by atoms with Gasteiger partial charge in [-0.3, -0.25) is 0 Å². The van der Waals surface area contributed by atoms with Crippen LogP contribution in [0.1, 0.15) is 57.1 Å². The first kappa shape index (κ1) is 15.1. The molecule has 0 radical (unpaired) electrons. The summed E-state index contributed by atoms with van der Waals surface area (Å²) in [5, 5.41) is 11.5. The van der Waals surface area contributed by atoms with Gasteiger partial charge in [0.15, 0.2) is 0 Å². The summed E-state index contributed by atoms with van der Waals surface area (Å²) < 4.78 is 24.4. The summed E-state index contributed by atoms with van der Waals surface area (Å²) in [4.78, 5) is 23.8. The average molecular weight is 294 g/mol. The van der Waals surface area contributed by atoms with Crippen molar-refractivity contribution in [1.29, 1.82) is 0 Å². The number of alkyl carbamates (subject to hydrolysis) is 1. The highest BCUT2D eigenvalue weighted by Crippen LogP contribution is 2.12. The molecule has 20 heavy (non-hydrogen) atoms. The fraction of sp³-hybridized carbons (Fsp3) is 0.857. The van der Waals surface area contributed by atoms with Crippen molar-refractivity contribution in [2.24, 2.45) is 0 Å². The minimum Gasteiger partial charge on any atom is -0.458 e. The molecule has 0 spiro atoms. The Hall–Kier alpha value is -1.30. The molecule has 0 bridgehead atoms. The number of carbonyl (C=O) groups is 2. The van der Waals surface area contributed by atoms with Crippen LogP contribution in [-0.4, -0.2) is 41.0 Å². The lowest BCUT2D eigenvalue weighted by atomic mass is 10.2. The second-order valence-corrected chi connectivity index (χ2v) is 6.43. The Morgan fingerprint density at radius 2 is 1.65 bits per heavy atom. The van der Waals surface area contributed by atoms with Crippen LogP contribution in [0.5, 0.6) is 0 Å². The number of aliphatic hydroxyl groups is 1. The topological polar surface area (TPSA) is 84.9 Å². The van der Waals surface area contributed by atoms with Gasteiger partial charge in [-0.1, -0.05) is 0 Å². The third-order valence-electron chi connectivity index (χ3n) is 1.93. The first-order chi connectivity index (χ1) is 9.59. The predicted molar refractivity (Wildman–Crippen MR) is 75.3 cm³/mol. The van der Waals surface area contributed by atoms with Gasteiger partial charge >= 0.3 is 12.1 Å². The van der Waals surface area contributed by atoms with E-state index < -0.39 is 35.9 Å². The Bertz CT molecular complexity index is 394. The molecule has 0 aromatic carbocycles. The molecule has 0 aromatic rings. The Balaban J connectivity index is 4.86. The summed E-state index contributed by atoms with van der Waals surface area (Å²) in [5.74, 6) is -0.706. The van der Waals surface area contributed by atoms with Crippen LogP contribution in [0.2, 0.25) is 0 Å². The number of carbonyl (C=O) groups excluding carboxylic acids is 2. The molecule has 118 valence electrons. The van der Waals surface area contributed by atoms with Crippen molar-refractivity contribution in [3.05, 3.63) is 0 Å². The molecule has 0 aliphatic heterocycles. The van der Waals surface area contributed by atoms with Crippen molar-refractivity contribution < 1.29 is 26.9 Å². The van der Waals surface area contributed by atoms with E-state index >= 15 is 0 Å². The third-order valence-corrected chi connectivity index (χ3v) is 1.93. The van der Waals surface area contributed by atoms with Crippen LogP contribution in [0.4, 0.5) is 4.79 Å². The summed E-state index contributed by atoms with van der Waals surface area (Å²) in [7, 11) is 0. The Morgan fingerprint density at radius 3 is 2.05 bits per heavy atom. The minimum absolute atomic E-state index is 0.113. The second kappa shape index (κ2) is 7.47. The van der Waals surface area contributed by atoms with Crippen molar-refractivity contribution >= 4 is 12.1 Å². The van der Waals surface area contributed by atoms with E-state index in [2.05, 4.69) is 5.32 Å². The van der Waals surface area contributed by atoms with E-state index in [0.717, 1.165) is 0 Å². The number of esters is 1. The lowest BCUT2D eigenvalue weighted by Gasteiger charge is -2.26. The summed E-state index contributed by atoms with van der Waals surface area (Å²) in [6.45, 7) is 7.66. The first-order valence-corrected chi connectivity index (χ1v) is 6.54. The Labute approximate surface area is 123 Å². The maximum absolute atomic E-state index is 12.1. The van der Waals surface area contributed by atoms with E-state index in [9.17, 15) is 9.59 Å². The zero-order chi connectivity index (χ0) is 17.8.